The molecule has 2 aromatic rings. The van der Waals surface area contributed by atoms with Crippen LogP contribution in [0.5, 0.6) is 5.75 Å². The van der Waals surface area contributed by atoms with Gasteiger partial charge in [0.05, 0.1) is 11.9 Å². The number of nitrogens with zero attached hydrogens (tertiary/aromatic N) is 2. The molecule has 0 bridgehead atoms. The minimum absolute atomic E-state index is 0. The summed E-state index contributed by atoms with van der Waals surface area (Å²) in [6.07, 6.45) is 1.43. The van der Waals surface area contributed by atoms with Crippen LogP contribution < -0.4 is 10.6 Å². The first-order valence-corrected chi connectivity index (χ1v) is 6.55. The van der Waals surface area contributed by atoms with Crippen LogP contribution in [0.4, 0.5) is 0 Å². The van der Waals surface area contributed by atoms with Gasteiger partial charge in [-0.2, -0.15) is 5.10 Å². The van der Waals surface area contributed by atoms with E-state index in [0.29, 0.717) is 13.1 Å². The number of rotatable bonds is 6. The van der Waals surface area contributed by atoms with E-state index in [0.717, 1.165) is 12.2 Å². The molecule has 114 valence electrons. The molecule has 1 aromatic heterocycles. The molecule has 0 atom stereocenters. The fourth-order valence-corrected chi connectivity index (χ4v) is 1.76. The zero-order valence-corrected chi connectivity index (χ0v) is 12.6. The smallest absolute Gasteiger partial charge is 0.275 e. The standard InChI is InChI=1S/C14H18N4O2.ClH/c1-2-15-8-9-16-14(20)13-12(19)10-18(17-13)11-6-4-3-5-7-11;/h3-7,10,15,19H,2,8-9H2,1H3,(H,16,20);1H. The van der Waals surface area contributed by atoms with E-state index < -0.39 is 0 Å². The first-order valence-electron chi connectivity index (χ1n) is 6.55. The fourth-order valence-electron chi connectivity index (χ4n) is 1.76. The maximum atomic E-state index is 11.9. The van der Waals surface area contributed by atoms with Crippen molar-refractivity contribution in [2.75, 3.05) is 19.6 Å². The summed E-state index contributed by atoms with van der Waals surface area (Å²) >= 11 is 0. The van der Waals surface area contributed by atoms with E-state index in [-0.39, 0.29) is 29.8 Å². The molecular formula is C14H19ClN4O2. The van der Waals surface area contributed by atoms with Gasteiger partial charge in [0, 0.05) is 13.1 Å². The molecular weight excluding hydrogens is 292 g/mol. The molecule has 21 heavy (non-hydrogen) atoms. The van der Waals surface area contributed by atoms with Crippen LogP contribution in [-0.4, -0.2) is 40.4 Å². The number of carbonyl (C=O) groups excluding carboxylic acids is 1. The van der Waals surface area contributed by atoms with E-state index in [4.69, 9.17) is 0 Å². The second-order valence-electron chi connectivity index (χ2n) is 4.25. The number of para-hydroxylation sites is 1. The van der Waals surface area contributed by atoms with Gasteiger partial charge in [0.25, 0.3) is 5.91 Å². The SMILES string of the molecule is CCNCCNC(=O)c1nn(-c2ccccc2)cc1O.Cl. The minimum Gasteiger partial charge on any atom is -0.504 e. The molecule has 0 radical (unpaired) electrons. The molecule has 0 aliphatic heterocycles. The van der Waals surface area contributed by atoms with Gasteiger partial charge >= 0.3 is 0 Å². The van der Waals surface area contributed by atoms with E-state index in [1.54, 1.807) is 0 Å². The van der Waals surface area contributed by atoms with Gasteiger partial charge in [-0.05, 0) is 18.7 Å². The van der Waals surface area contributed by atoms with Gasteiger partial charge in [-0.3, -0.25) is 4.79 Å². The van der Waals surface area contributed by atoms with Crippen molar-refractivity contribution >= 4 is 18.3 Å². The molecule has 7 heteroatoms. The number of aromatic hydroxyl groups is 1. The van der Waals surface area contributed by atoms with E-state index in [1.807, 2.05) is 37.3 Å². The van der Waals surface area contributed by atoms with Crippen LogP contribution in [-0.2, 0) is 0 Å². The van der Waals surface area contributed by atoms with Gasteiger partial charge in [0.2, 0.25) is 0 Å². The lowest BCUT2D eigenvalue weighted by Gasteiger charge is -2.03. The molecule has 0 saturated heterocycles. The lowest BCUT2D eigenvalue weighted by Crippen LogP contribution is -2.32. The third kappa shape index (κ3) is 4.47. The van der Waals surface area contributed by atoms with Crippen LogP contribution in [0.1, 0.15) is 17.4 Å². The third-order valence-corrected chi connectivity index (χ3v) is 2.77. The fraction of sp³-hybridized carbons (Fsp3) is 0.286. The van der Waals surface area contributed by atoms with Crippen molar-refractivity contribution in [3.63, 3.8) is 0 Å². The highest BCUT2D eigenvalue weighted by Gasteiger charge is 2.16. The average molecular weight is 311 g/mol. The normalized spacial score (nSPS) is 9.95. The quantitative estimate of drug-likeness (QED) is 0.704. The number of amides is 1. The van der Waals surface area contributed by atoms with Crippen LogP contribution in [0, 0.1) is 0 Å². The summed E-state index contributed by atoms with van der Waals surface area (Å²) < 4.78 is 1.48. The number of halogens is 1. The second kappa shape index (κ2) is 8.28. The summed E-state index contributed by atoms with van der Waals surface area (Å²) in [6.45, 7) is 4.02. The Hall–Kier alpha value is -2.05. The van der Waals surface area contributed by atoms with Crippen molar-refractivity contribution in [2.24, 2.45) is 0 Å². The zero-order chi connectivity index (χ0) is 14.4. The van der Waals surface area contributed by atoms with Crippen LogP contribution in [0.2, 0.25) is 0 Å². The van der Waals surface area contributed by atoms with Crippen molar-refractivity contribution < 1.29 is 9.90 Å². The minimum atomic E-state index is -0.380. The number of hydrogen-bond donors (Lipinski definition) is 3. The Morgan fingerprint density at radius 2 is 2.00 bits per heavy atom. The number of likely N-dealkylation sites (N-methyl/N-ethyl adjacent to an activating group) is 1. The molecule has 1 amide bonds. The molecule has 0 saturated carbocycles. The highest BCUT2D eigenvalue weighted by molar-refractivity contribution is 5.94. The van der Waals surface area contributed by atoms with E-state index in [1.165, 1.54) is 10.9 Å². The van der Waals surface area contributed by atoms with Crippen molar-refractivity contribution in [2.45, 2.75) is 6.92 Å². The third-order valence-electron chi connectivity index (χ3n) is 2.77. The molecule has 2 rings (SSSR count). The van der Waals surface area contributed by atoms with E-state index in [9.17, 15) is 9.90 Å². The Kier molecular flexibility index (Phi) is 6.71. The van der Waals surface area contributed by atoms with Gasteiger partial charge in [-0.1, -0.05) is 25.1 Å². The number of carbonyl (C=O) groups is 1. The molecule has 0 aliphatic carbocycles. The number of aromatic nitrogens is 2. The van der Waals surface area contributed by atoms with Gasteiger partial charge in [0.1, 0.15) is 0 Å². The van der Waals surface area contributed by atoms with Crippen LogP contribution in [0.3, 0.4) is 0 Å². The van der Waals surface area contributed by atoms with Crippen LogP contribution >= 0.6 is 12.4 Å². The van der Waals surface area contributed by atoms with Crippen molar-refractivity contribution in [1.29, 1.82) is 0 Å². The Balaban J connectivity index is 0.00000220. The maximum absolute atomic E-state index is 11.9. The predicted octanol–water partition coefficient (Wildman–Crippen LogP) is 1.34. The predicted molar refractivity (Wildman–Crippen MR) is 83.4 cm³/mol. The van der Waals surface area contributed by atoms with E-state index in [2.05, 4.69) is 15.7 Å². The van der Waals surface area contributed by atoms with Crippen LogP contribution in [0.15, 0.2) is 36.5 Å². The first kappa shape index (κ1) is 17.0. The van der Waals surface area contributed by atoms with Crippen molar-refractivity contribution in [1.82, 2.24) is 20.4 Å². The van der Waals surface area contributed by atoms with Gasteiger partial charge in [-0.25, -0.2) is 4.68 Å². The van der Waals surface area contributed by atoms with Gasteiger partial charge in [-0.15, -0.1) is 12.4 Å². The van der Waals surface area contributed by atoms with Crippen LogP contribution in [0.25, 0.3) is 5.69 Å². The Morgan fingerprint density at radius 1 is 1.29 bits per heavy atom. The van der Waals surface area contributed by atoms with Crippen molar-refractivity contribution in [3.05, 3.63) is 42.2 Å². The summed E-state index contributed by atoms with van der Waals surface area (Å²) in [5, 5.41) is 19.7. The largest absolute Gasteiger partial charge is 0.504 e. The lowest BCUT2D eigenvalue weighted by atomic mass is 10.3. The molecule has 6 nitrogen and oxygen atoms in total. The Bertz CT molecular complexity index is 572. The molecule has 1 heterocycles. The summed E-state index contributed by atoms with van der Waals surface area (Å²) in [6, 6.07) is 9.31. The number of hydrogen-bond acceptors (Lipinski definition) is 4. The van der Waals surface area contributed by atoms with Gasteiger partial charge < -0.3 is 15.7 Å². The maximum Gasteiger partial charge on any atom is 0.275 e. The van der Waals surface area contributed by atoms with Gasteiger partial charge in [0.15, 0.2) is 11.4 Å². The molecule has 0 aliphatic rings. The lowest BCUT2D eigenvalue weighted by molar-refractivity contribution is 0.0946. The summed E-state index contributed by atoms with van der Waals surface area (Å²) in [5.74, 6) is -0.509. The average Bonchev–Trinajstić information content (AvgIpc) is 2.86. The number of nitrogens with one attached hydrogen (secondary N) is 2. The summed E-state index contributed by atoms with van der Waals surface area (Å²) in [4.78, 5) is 11.9. The molecule has 3 N–H and O–H groups in total. The molecule has 0 unspecified atom stereocenters. The molecule has 1 aromatic carbocycles. The zero-order valence-electron chi connectivity index (χ0n) is 11.7. The second-order valence-corrected chi connectivity index (χ2v) is 4.25. The topological polar surface area (TPSA) is 79.2 Å². The first-order chi connectivity index (χ1) is 9.72. The highest BCUT2D eigenvalue weighted by Crippen LogP contribution is 2.17. The Labute approximate surface area is 129 Å². The van der Waals surface area contributed by atoms with E-state index >= 15 is 0 Å². The summed E-state index contributed by atoms with van der Waals surface area (Å²) in [7, 11) is 0. The van der Waals surface area contributed by atoms with Crippen molar-refractivity contribution in [3.8, 4) is 11.4 Å². The molecule has 0 spiro atoms. The molecule has 0 fully saturated rings. The number of benzene rings is 1. The highest BCUT2D eigenvalue weighted by atomic mass is 35.5. The summed E-state index contributed by atoms with van der Waals surface area (Å²) in [5.41, 5.74) is 0.819. The Morgan fingerprint density at radius 3 is 2.67 bits per heavy atom. The monoisotopic (exact) mass is 310 g/mol.